The number of urea groups is 1. The highest BCUT2D eigenvalue weighted by Crippen LogP contribution is 2.23. The minimum Gasteiger partial charge on any atom is -0.462 e. The fourth-order valence-corrected chi connectivity index (χ4v) is 2.97. The maximum Gasteiger partial charge on any atom is 0.340 e. The lowest BCUT2D eigenvalue weighted by Crippen LogP contribution is -2.39. The minimum atomic E-state index is -0.366. The van der Waals surface area contributed by atoms with E-state index in [4.69, 9.17) is 4.74 Å². The van der Waals surface area contributed by atoms with Crippen molar-refractivity contribution in [1.29, 1.82) is 0 Å². The first-order valence-electron chi connectivity index (χ1n) is 7.96. The van der Waals surface area contributed by atoms with Crippen LogP contribution in [0.1, 0.15) is 60.6 Å². The van der Waals surface area contributed by atoms with Gasteiger partial charge in [-0.3, -0.25) is 5.32 Å². The van der Waals surface area contributed by atoms with E-state index in [-0.39, 0.29) is 18.0 Å². The number of amides is 2. The number of aromatic nitrogens is 1. The Kier molecular flexibility index (Phi) is 5.46. The van der Waals surface area contributed by atoms with Crippen molar-refractivity contribution in [3.05, 3.63) is 16.8 Å². The molecule has 6 heteroatoms. The molecule has 0 bridgehead atoms. The van der Waals surface area contributed by atoms with Crippen molar-refractivity contribution in [3.8, 4) is 0 Å². The molecule has 3 N–H and O–H groups in total. The summed E-state index contributed by atoms with van der Waals surface area (Å²) in [6.07, 6.45) is 5.64. The lowest BCUT2D eigenvalue weighted by molar-refractivity contribution is 0.0525. The number of rotatable bonds is 4. The summed E-state index contributed by atoms with van der Waals surface area (Å²) < 4.78 is 5.04. The molecule has 0 spiro atoms. The van der Waals surface area contributed by atoms with E-state index in [1.54, 1.807) is 20.8 Å². The fourth-order valence-electron chi connectivity index (χ4n) is 2.97. The molecule has 2 rings (SSSR count). The number of anilines is 1. The van der Waals surface area contributed by atoms with Gasteiger partial charge < -0.3 is 15.0 Å². The largest absolute Gasteiger partial charge is 0.462 e. The van der Waals surface area contributed by atoms with Gasteiger partial charge in [-0.05, 0) is 33.6 Å². The van der Waals surface area contributed by atoms with Crippen molar-refractivity contribution in [2.75, 3.05) is 11.9 Å². The summed E-state index contributed by atoms with van der Waals surface area (Å²) in [7, 11) is 0. The predicted molar refractivity (Wildman–Crippen MR) is 85.3 cm³/mol. The van der Waals surface area contributed by atoms with Crippen molar-refractivity contribution < 1.29 is 14.3 Å². The van der Waals surface area contributed by atoms with Gasteiger partial charge in [-0.1, -0.05) is 19.3 Å². The van der Waals surface area contributed by atoms with Gasteiger partial charge in [0.25, 0.3) is 0 Å². The van der Waals surface area contributed by atoms with Crippen LogP contribution in [0.4, 0.5) is 10.6 Å². The highest BCUT2D eigenvalue weighted by molar-refractivity contribution is 5.97. The Labute approximate surface area is 131 Å². The Morgan fingerprint density at radius 3 is 2.55 bits per heavy atom. The Balaban J connectivity index is 2.01. The van der Waals surface area contributed by atoms with Crippen molar-refractivity contribution >= 4 is 17.8 Å². The summed E-state index contributed by atoms with van der Waals surface area (Å²) in [5.74, 6) is 0.184. The second-order valence-corrected chi connectivity index (χ2v) is 5.78. The van der Waals surface area contributed by atoms with E-state index in [0.717, 1.165) is 12.8 Å². The van der Waals surface area contributed by atoms with Gasteiger partial charge in [0, 0.05) is 17.3 Å². The first-order valence-corrected chi connectivity index (χ1v) is 7.96. The van der Waals surface area contributed by atoms with Crippen LogP contribution in [0.25, 0.3) is 0 Å². The number of hydrogen-bond donors (Lipinski definition) is 3. The minimum absolute atomic E-state index is 0.230. The molecule has 1 fully saturated rings. The highest BCUT2D eigenvalue weighted by atomic mass is 16.5. The average molecular weight is 307 g/mol. The van der Waals surface area contributed by atoms with Gasteiger partial charge in [-0.2, -0.15) is 0 Å². The smallest absolute Gasteiger partial charge is 0.340 e. The van der Waals surface area contributed by atoms with E-state index in [1.807, 2.05) is 0 Å². The topological polar surface area (TPSA) is 83.2 Å². The number of nitrogens with one attached hydrogen (secondary N) is 3. The number of aromatic amines is 1. The predicted octanol–water partition coefficient (Wildman–Crippen LogP) is 3.26. The quantitative estimate of drug-likeness (QED) is 0.747. The third-order valence-corrected chi connectivity index (χ3v) is 4.10. The number of ether oxygens (including phenoxy) is 1. The molecule has 1 aliphatic carbocycles. The summed E-state index contributed by atoms with van der Waals surface area (Å²) >= 11 is 0. The number of H-pyrrole nitrogens is 1. The Bertz CT molecular complexity index is 545. The first kappa shape index (κ1) is 16.4. The molecule has 0 saturated heterocycles. The van der Waals surface area contributed by atoms with Gasteiger partial charge >= 0.3 is 12.0 Å². The molecule has 1 aliphatic rings. The molecule has 6 nitrogen and oxygen atoms in total. The molecule has 0 atom stereocenters. The fraction of sp³-hybridized carbons (Fsp3) is 0.625. The summed E-state index contributed by atoms with van der Waals surface area (Å²) in [6.45, 7) is 5.69. The first-order chi connectivity index (χ1) is 10.5. The van der Waals surface area contributed by atoms with Gasteiger partial charge in [-0.15, -0.1) is 0 Å². The van der Waals surface area contributed by atoms with Gasteiger partial charge in [0.1, 0.15) is 5.82 Å². The molecule has 0 unspecified atom stereocenters. The third-order valence-electron chi connectivity index (χ3n) is 4.10. The van der Waals surface area contributed by atoms with Crippen LogP contribution >= 0.6 is 0 Å². The average Bonchev–Trinajstić information content (AvgIpc) is 2.74. The summed E-state index contributed by atoms with van der Waals surface area (Å²) in [5, 5.41) is 5.79. The van der Waals surface area contributed by atoms with Crippen LogP contribution in [0.3, 0.4) is 0 Å². The van der Waals surface area contributed by atoms with E-state index in [1.165, 1.54) is 19.3 Å². The van der Waals surface area contributed by atoms with E-state index in [2.05, 4.69) is 15.6 Å². The number of hydrogen-bond acceptors (Lipinski definition) is 3. The standard InChI is InChI=1S/C16H25N3O3/c1-4-22-15(20)13-10(2)14(17-11(13)3)19-16(21)18-12-8-6-5-7-9-12/h12,17H,4-9H2,1-3H3,(H2,18,19,21). The van der Waals surface area contributed by atoms with Gasteiger partial charge in [-0.25, -0.2) is 9.59 Å². The molecule has 22 heavy (non-hydrogen) atoms. The molecule has 0 aromatic carbocycles. The van der Waals surface area contributed by atoms with Crippen LogP contribution in [0.2, 0.25) is 0 Å². The van der Waals surface area contributed by atoms with Crippen molar-refractivity contribution in [1.82, 2.24) is 10.3 Å². The zero-order chi connectivity index (χ0) is 16.1. The molecule has 2 amide bonds. The number of carbonyl (C=O) groups is 2. The second kappa shape index (κ2) is 7.33. The van der Waals surface area contributed by atoms with Crippen LogP contribution in [-0.4, -0.2) is 29.6 Å². The van der Waals surface area contributed by atoms with Crippen LogP contribution in [0.5, 0.6) is 0 Å². The number of carbonyl (C=O) groups excluding carboxylic acids is 2. The van der Waals surface area contributed by atoms with Crippen molar-refractivity contribution in [3.63, 3.8) is 0 Å². The molecule has 1 heterocycles. The number of aryl methyl sites for hydroxylation is 1. The summed E-state index contributed by atoms with van der Waals surface area (Å²) in [4.78, 5) is 27.1. The van der Waals surface area contributed by atoms with E-state index >= 15 is 0 Å². The molecule has 1 aromatic heterocycles. The van der Waals surface area contributed by atoms with E-state index in [0.29, 0.717) is 29.2 Å². The molecular weight excluding hydrogens is 282 g/mol. The zero-order valence-corrected chi connectivity index (χ0v) is 13.5. The van der Waals surface area contributed by atoms with Crippen LogP contribution < -0.4 is 10.6 Å². The lowest BCUT2D eigenvalue weighted by atomic mass is 9.96. The molecule has 0 aliphatic heterocycles. The Hall–Kier alpha value is -1.98. The Morgan fingerprint density at radius 2 is 1.91 bits per heavy atom. The second-order valence-electron chi connectivity index (χ2n) is 5.78. The van der Waals surface area contributed by atoms with Crippen LogP contribution in [0.15, 0.2) is 0 Å². The highest BCUT2D eigenvalue weighted by Gasteiger charge is 2.21. The maximum atomic E-state index is 12.1. The molecule has 1 aromatic rings. The Morgan fingerprint density at radius 1 is 1.23 bits per heavy atom. The maximum absolute atomic E-state index is 12.1. The van der Waals surface area contributed by atoms with E-state index < -0.39 is 0 Å². The SMILES string of the molecule is CCOC(=O)c1c(C)[nH]c(NC(=O)NC2CCCCC2)c1C. The third kappa shape index (κ3) is 3.81. The van der Waals surface area contributed by atoms with E-state index in [9.17, 15) is 9.59 Å². The molecule has 0 radical (unpaired) electrons. The normalized spacial score (nSPS) is 15.4. The van der Waals surface area contributed by atoms with Crippen molar-refractivity contribution in [2.24, 2.45) is 0 Å². The van der Waals surface area contributed by atoms with Crippen LogP contribution in [0, 0.1) is 13.8 Å². The molecule has 1 saturated carbocycles. The zero-order valence-electron chi connectivity index (χ0n) is 13.5. The van der Waals surface area contributed by atoms with Gasteiger partial charge in [0.15, 0.2) is 0 Å². The van der Waals surface area contributed by atoms with Gasteiger partial charge in [0.2, 0.25) is 0 Å². The number of esters is 1. The summed E-state index contributed by atoms with van der Waals surface area (Å²) in [5.41, 5.74) is 1.90. The molecule has 122 valence electrons. The summed E-state index contributed by atoms with van der Waals surface area (Å²) in [6, 6.07) is 0.0151. The monoisotopic (exact) mass is 307 g/mol. The van der Waals surface area contributed by atoms with Gasteiger partial charge in [0.05, 0.1) is 12.2 Å². The lowest BCUT2D eigenvalue weighted by Gasteiger charge is -2.22. The van der Waals surface area contributed by atoms with Crippen LogP contribution in [-0.2, 0) is 4.74 Å². The molecular formula is C16H25N3O3. The van der Waals surface area contributed by atoms with Crippen molar-refractivity contribution in [2.45, 2.75) is 58.9 Å².